The third-order valence-corrected chi connectivity index (χ3v) is 6.70. The van der Waals surface area contributed by atoms with Gasteiger partial charge in [0.1, 0.15) is 11.6 Å². The van der Waals surface area contributed by atoms with Crippen LogP contribution in [0.3, 0.4) is 0 Å². The number of rotatable bonds is 8. The number of fused-ring (bicyclic) bond motifs is 3. The lowest BCUT2D eigenvalue weighted by atomic mass is 9.95. The molecule has 3 aromatic rings. The van der Waals surface area contributed by atoms with Crippen molar-refractivity contribution in [1.29, 1.82) is 0 Å². The molecule has 0 saturated carbocycles. The number of ether oxygens (including phenoxy) is 1. The molecule has 4 nitrogen and oxygen atoms in total. The van der Waals surface area contributed by atoms with Crippen LogP contribution in [0.15, 0.2) is 30.3 Å². The summed E-state index contributed by atoms with van der Waals surface area (Å²) in [6.07, 6.45) is 6.98. The number of unbranched alkanes of at least 4 members (excludes halogenated alkanes) is 1. The molecule has 5 heteroatoms. The van der Waals surface area contributed by atoms with Gasteiger partial charge in [-0.3, -0.25) is 0 Å². The maximum Gasteiger partial charge on any atom is 0.247 e. The van der Waals surface area contributed by atoms with Crippen LogP contribution in [0.2, 0.25) is 0 Å². The van der Waals surface area contributed by atoms with Gasteiger partial charge in [0, 0.05) is 12.2 Å². The second kappa shape index (κ2) is 9.21. The lowest BCUT2D eigenvalue weighted by Gasteiger charge is -2.19. The van der Waals surface area contributed by atoms with E-state index >= 15 is 0 Å². The zero-order valence-electron chi connectivity index (χ0n) is 17.8. The number of hydrogen-bond donors (Lipinski definition) is 0. The average molecular weight is 410 g/mol. The van der Waals surface area contributed by atoms with Crippen LogP contribution >= 0.6 is 11.8 Å². The molecule has 0 saturated heterocycles. The molecule has 29 heavy (non-hydrogen) atoms. The largest absolute Gasteiger partial charge is 0.437 e. The first-order chi connectivity index (χ1) is 14.1. The molecule has 0 N–H and O–H groups in total. The van der Waals surface area contributed by atoms with Gasteiger partial charge in [-0.15, -0.1) is 0 Å². The molecule has 0 fully saturated rings. The van der Waals surface area contributed by atoms with Gasteiger partial charge in [0.25, 0.3) is 0 Å². The highest BCUT2D eigenvalue weighted by molar-refractivity contribution is 7.99. The fourth-order valence-electron chi connectivity index (χ4n) is 4.10. The SMILES string of the molecule is Cc1nc2c(Oc3ccccc3)nc3c(c2n1CCCCSC(C)C)CCCC3. The molecule has 0 aliphatic heterocycles. The highest BCUT2D eigenvalue weighted by atomic mass is 32.2. The standard InChI is InChI=1S/C24H31N3OS/c1-17(2)29-16-10-9-15-27-18(3)25-22-23(27)20-13-7-8-14-21(20)26-24(22)28-19-11-5-4-6-12-19/h4-6,11-12,17H,7-10,13-16H2,1-3H3. The first-order valence-electron chi connectivity index (χ1n) is 10.9. The molecule has 154 valence electrons. The highest BCUT2D eigenvalue weighted by Crippen LogP contribution is 2.35. The molecular weight excluding hydrogens is 378 g/mol. The molecule has 0 spiro atoms. The van der Waals surface area contributed by atoms with E-state index < -0.39 is 0 Å². The molecule has 1 aromatic carbocycles. The minimum Gasteiger partial charge on any atom is -0.437 e. The van der Waals surface area contributed by atoms with Gasteiger partial charge in [-0.05, 0) is 74.1 Å². The van der Waals surface area contributed by atoms with Crippen molar-refractivity contribution < 1.29 is 4.74 Å². The molecular formula is C24H31N3OS. The van der Waals surface area contributed by atoms with Crippen molar-refractivity contribution >= 4 is 22.8 Å². The Morgan fingerprint density at radius 3 is 2.66 bits per heavy atom. The summed E-state index contributed by atoms with van der Waals surface area (Å²) in [6, 6.07) is 9.93. The van der Waals surface area contributed by atoms with E-state index in [4.69, 9.17) is 14.7 Å². The van der Waals surface area contributed by atoms with Crippen molar-refractivity contribution in [3.63, 3.8) is 0 Å². The second-order valence-electron chi connectivity index (χ2n) is 8.10. The topological polar surface area (TPSA) is 39.9 Å². The van der Waals surface area contributed by atoms with E-state index in [0.717, 1.165) is 36.5 Å². The Morgan fingerprint density at radius 2 is 1.86 bits per heavy atom. The quantitative estimate of drug-likeness (QED) is 0.407. The molecule has 0 unspecified atom stereocenters. The molecule has 0 radical (unpaired) electrons. The second-order valence-corrected chi connectivity index (χ2v) is 9.78. The summed E-state index contributed by atoms with van der Waals surface area (Å²) < 4.78 is 8.62. The predicted molar refractivity (Wildman–Crippen MR) is 122 cm³/mol. The number of aryl methyl sites for hydroxylation is 4. The van der Waals surface area contributed by atoms with E-state index in [-0.39, 0.29) is 0 Å². The summed E-state index contributed by atoms with van der Waals surface area (Å²) in [5, 5.41) is 0.710. The van der Waals surface area contributed by atoms with Crippen LogP contribution in [0.5, 0.6) is 11.6 Å². The number of nitrogens with zero attached hydrogens (tertiary/aromatic N) is 3. The van der Waals surface area contributed by atoms with Crippen LogP contribution in [0, 0.1) is 6.92 Å². The highest BCUT2D eigenvalue weighted by Gasteiger charge is 2.23. The molecule has 1 aliphatic rings. The van der Waals surface area contributed by atoms with Gasteiger partial charge in [-0.2, -0.15) is 11.8 Å². The average Bonchev–Trinajstić information content (AvgIpc) is 3.05. The van der Waals surface area contributed by atoms with E-state index in [9.17, 15) is 0 Å². The van der Waals surface area contributed by atoms with Crippen LogP contribution in [-0.4, -0.2) is 25.5 Å². The third-order valence-electron chi connectivity index (χ3n) is 5.51. The number of pyridine rings is 1. The smallest absolute Gasteiger partial charge is 0.247 e. The van der Waals surface area contributed by atoms with Crippen LogP contribution in [0.4, 0.5) is 0 Å². The Labute approximate surface area is 178 Å². The van der Waals surface area contributed by atoms with Crippen molar-refractivity contribution in [2.75, 3.05) is 5.75 Å². The molecule has 1 aliphatic carbocycles. The summed E-state index contributed by atoms with van der Waals surface area (Å²) >= 11 is 2.05. The Kier molecular flexibility index (Phi) is 6.43. The molecule has 0 bridgehead atoms. The number of hydrogen-bond acceptors (Lipinski definition) is 4. The molecule has 0 atom stereocenters. The summed E-state index contributed by atoms with van der Waals surface area (Å²) in [4.78, 5) is 9.83. The van der Waals surface area contributed by atoms with Gasteiger partial charge in [-0.1, -0.05) is 32.0 Å². The van der Waals surface area contributed by atoms with Crippen LogP contribution in [-0.2, 0) is 19.4 Å². The minimum absolute atomic E-state index is 0.657. The lowest BCUT2D eigenvalue weighted by Crippen LogP contribution is -2.10. The molecule has 2 aromatic heterocycles. The van der Waals surface area contributed by atoms with E-state index in [1.165, 1.54) is 48.2 Å². The number of imidazole rings is 1. The first kappa shape index (κ1) is 20.3. The Bertz CT molecular complexity index is 965. The summed E-state index contributed by atoms with van der Waals surface area (Å²) in [5.41, 5.74) is 4.77. The van der Waals surface area contributed by atoms with Crippen molar-refractivity contribution in [2.45, 2.75) is 71.1 Å². The normalized spacial score (nSPS) is 13.8. The van der Waals surface area contributed by atoms with Gasteiger partial charge < -0.3 is 9.30 Å². The van der Waals surface area contributed by atoms with E-state index in [2.05, 4.69) is 25.3 Å². The van der Waals surface area contributed by atoms with Crippen LogP contribution in [0.25, 0.3) is 11.0 Å². The van der Waals surface area contributed by atoms with E-state index in [0.29, 0.717) is 11.1 Å². The maximum absolute atomic E-state index is 6.21. The molecule has 2 heterocycles. The molecule has 4 rings (SSSR count). The number of aromatic nitrogens is 3. The summed E-state index contributed by atoms with van der Waals surface area (Å²) in [7, 11) is 0. The van der Waals surface area contributed by atoms with Crippen molar-refractivity contribution in [1.82, 2.24) is 14.5 Å². The fraction of sp³-hybridized carbons (Fsp3) is 0.500. The van der Waals surface area contributed by atoms with E-state index in [1.807, 2.05) is 42.1 Å². The minimum atomic E-state index is 0.657. The summed E-state index contributed by atoms with van der Waals surface area (Å²) in [6.45, 7) is 7.67. The monoisotopic (exact) mass is 409 g/mol. The Morgan fingerprint density at radius 1 is 1.07 bits per heavy atom. The van der Waals surface area contributed by atoms with Crippen LogP contribution < -0.4 is 4.74 Å². The third kappa shape index (κ3) is 4.61. The van der Waals surface area contributed by atoms with E-state index in [1.54, 1.807) is 0 Å². The Balaban J connectivity index is 1.67. The fourth-order valence-corrected chi connectivity index (χ4v) is 4.94. The van der Waals surface area contributed by atoms with Gasteiger partial charge in [0.15, 0.2) is 5.52 Å². The zero-order valence-corrected chi connectivity index (χ0v) is 18.6. The number of benzene rings is 1. The maximum atomic E-state index is 6.21. The lowest BCUT2D eigenvalue weighted by molar-refractivity contribution is 0.463. The van der Waals surface area contributed by atoms with Crippen LogP contribution in [0.1, 0.15) is 56.6 Å². The predicted octanol–water partition coefficient (Wildman–Crippen LogP) is 6.33. The summed E-state index contributed by atoms with van der Waals surface area (Å²) in [5.74, 6) is 3.76. The van der Waals surface area contributed by atoms with Gasteiger partial charge in [0.2, 0.25) is 5.88 Å². The van der Waals surface area contributed by atoms with Crippen molar-refractivity contribution in [2.24, 2.45) is 0 Å². The first-order valence-corrected chi connectivity index (χ1v) is 11.9. The van der Waals surface area contributed by atoms with Gasteiger partial charge >= 0.3 is 0 Å². The van der Waals surface area contributed by atoms with Crippen molar-refractivity contribution in [3.8, 4) is 11.6 Å². The molecule has 0 amide bonds. The van der Waals surface area contributed by atoms with Gasteiger partial charge in [-0.25, -0.2) is 9.97 Å². The van der Waals surface area contributed by atoms with Crippen molar-refractivity contribution in [3.05, 3.63) is 47.4 Å². The number of thioether (sulfide) groups is 1. The Hall–Kier alpha value is -2.01. The number of para-hydroxylation sites is 1. The van der Waals surface area contributed by atoms with Gasteiger partial charge in [0.05, 0.1) is 5.52 Å². The zero-order chi connectivity index (χ0) is 20.2.